The van der Waals surface area contributed by atoms with Crippen molar-refractivity contribution in [2.75, 3.05) is 33.5 Å². The molecule has 2 heterocycles. The number of phenols is 1. The smallest absolute Gasteiger partial charge is 0.273 e. The minimum absolute atomic E-state index is 0.0481. The van der Waals surface area contributed by atoms with E-state index in [1.165, 1.54) is 0 Å². The maximum atomic E-state index is 13.5. The number of aryl methyl sites for hydroxylation is 1. The van der Waals surface area contributed by atoms with Gasteiger partial charge in [-0.1, -0.05) is 17.7 Å². The maximum absolute atomic E-state index is 13.5. The molecule has 1 aromatic heterocycles. The van der Waals surface area contributed by atoms with E-state index in [-0.39, 0.29) is 11.7 Å². The molecule has 1 unspecified atom stereocenters. The van der Waals surface area contributed by atoms with Crippen molar-refractivity contribution in [3.05, 3.63) is 57.7 Å². The number of amides is 1. The minimum Gasteiger partial charge on any atom is -0.507 e. The number of benzene rings is 2. The summed E-state index contributed by atoms with van der Waals surface area (Å²) in [6, 6.07) is 8.54. The first kappa shape index (κ1) is 24.9. The Bertz CT molecular complexity index is 1230. The molecule has 9 heteroatoms. The molecule has 1 amide bonds. The van der Waals surface area contributed by atoms with Gasteiger partial charge in [0.15, 0.2) is 11.5 Å². The molecule has 1 atom stereocenters. The molecule has 2 N–H and O–H groups in total. The van der Waals surface area contributed by atoms with Crippen LogP contribution >= 0.6 is 11.6 Å². The van der Waals surface area contributed by atoms with Crippen molar-refractivity contribution in [3.63, 3.8) is 0 Å². The Labute approximate surface area is 209 Å². The summed E-state index contributed by atoms with van der Waals surface area (Å²) >= 11 is 6.38. The van der Waals surface area contributed by atoms with Crippen LogP contribution in [0.4, 0.5) is 0 Å². The van der Waals surface area contributed by atoms with Crippen LogP contribution in [0.2, 0.25) is 5.02 Å². The molecule has 0 saturated heterocycles. The van der Waals surface area contributed by atoms with Crippen LogP contribution in [0.25, 0.3) is 11.3 Å². The number of H-pyrrole nitrogens is 1. The normalized spacial score (nSPS) is 14.9. The first-order valence-corrected chi connectivity index (χ1v) is 12.1. The van der Waals surface area contributed by atoms with Crippen molar-refractivity contribution in [1.29, 1.82) is 0 Å². The van der Waals surface area contributed by atoms with Crippen molar-refractivity contribution in [2.24, 2.45) is 0 Å². The molecule has 4 rings (SSSR count). The van der Waals surface area contributed by atoms with E-state index in [2.05, 4.69) is 10.2 Å². The van der Waals surface area contributed by atoms with Crippen molar-refractivity contribution < 1.29 is 24.1 Å². The van der Waals surface area contributed by atoms with Gasteiger partial charge in [0.1, 0.15) is 17.1 Å². The summed E-state index contributed by atoms with van der Waals surface area (Å²) in [5.74, 6) is 1.14. The Morgan fingerprint density at radius 1 is 1.14 bits per heavy atom. The van der Waals surface area contributed by atoms with Crippen molar-refractivity contribution in [1.82, 2.24) is 15.1 Å². The Morgan fingerprint density at radius 2 is 1.89 bits per heavy atom. The molecule has 1 aliphatic heterocycles. The lowest BCUT2D eigenvalue weighted by atomic mass is 9.95. The number of carbonyl (C=O) groups excluding carboxylic acids is 1. The summed E-state index contributed by atoms with van der Waals surface area (Å²) in [7, 11) is 1.64. The Balaban J connectivity index is 1.87. The number of ether oxygens (including phenoxy) is 3. The average Bonchev–Trinajstić information content (AvgIpc) is 3.37. The van der Waals surface area contributed by atoms with Crippen LogP contribution in [0.1, 0.15) is 53.5 Å². The van der Waals surface area contributed by atoms with Crippen LogP contribution in [0, 0.1) is 6.92 Å². The predicted octanol–water partition coefficient (Wildman–Crippen LogP) is 5.12. The second kappa shape index (κ2) is 10.6. The van der Waals surface area contributed by atoms with Crippen LogP contribution in [0.15, 0.2) is 30.3 Å². The first-order chi connectivity index (χ1) is 16.9. The molecule has 1 aliphatic rings. The molecule has 35 heavy (non-hydrogen) atoms. The van der Waals surface area contributed by atoms with Crippen molar-refractivity contribution in [2.45, 2.75) is 33.2 Å². The molecule has 0 saturated carbocycles. The molecule has 0 spiro atoms. The summed E-state index contributed by atoms with van der Waals surface area (Å²) in [6.07, 6.45) is 0.669. The Kier molecular flexibility index (Phi) is 7.52. The van der Waals surface area contributed by atoms with E-state index in [1.807, 2.05) is 39.0 Å². The van der Waals surface area contributed by atoms with E-state index >= 15 is 0 Å². The zero-order valence-electron chi connectivity index (χ0n) is 20.4. The number of methoxy groups -OCH3 is 1. The highest BCUT2D eigenvalue weighted by atomic mass is 35.5. The van der Waals surface area contributed by atoms with Crippen LogP contribution < -0.4 is 9.47 Å². The predicted molar refractivity (Wildman–Crippen MR) is 134 cm³/mol. The molecular weight excluding hydrogens is 470 g/mol. The van der Waals surface area contributed by atoms with E-state index in [0.717, 1.165) is 11.1 Å². The third-order valence-electron chi connectivity index (χ3n) is 6.03. The lowest BCUT2D eigenvalue weighted by Gasteiger charge is -2.27. The van der Waals surface area contributed by atoms with Gasteiger partial charge in [-0.3, -0.25) is 9.89 Å². The van der Waals surface area contributed by atoms with Gasteiger partial charge in [0.05, 0.1) is 19.3 Å². The number of rotatable bonds is 10. The third kappa shape index (κ3) is 4.68. The fraction of sp³-hybridized carbons (Fsp3) is 0.385. The van der Waals surface area contributed by atoms with Gasteiger partial charge in [0.25, 0.3) is 5.91 Å². The fourth-order valence-corrected chi connectivity index (χ4v) is 4.62. The van der Waals surface area contributed by atoms with Gasteiger partial charge in [-0.15, -0.1) is 0 Å². The highest BCUT2D eigenvalue weighted by Crippen LogP contribution is 2.46. The molecule has 3 aromatic rings. The van der Waals surface area contributed by atoms with E-state index in [4.69, 9.17) is 25.8 Å². The SMILES string of the molecule is CCOc1ccc(C2c3c(-c4cc(Cl)c(C)cc4O)n[nH]c3C(=O)N2CCCOC)cc1OCC. The highest BCUT2D eigenvalue weighted by molar-refractivity contribution is 6.31. The van der Waals surface area contributed by atoms with Gasteiger partial charge in [-0.05, 0) is 62.6 Å². The first-order valence-electron chi connectivity index (χ1n) is 11.7. The highest BCUT2D eigenvalue weighted by Gasteiger charge is 2.42. The lowest BCUT2D eigenvalue weighted by Crippen LogP contribution is -2.31. The Hall–Kier alpha value is -3.23. The Morgan fingerprint density at radius 3 is 2.60 bits per heavy atom. The third-order valence-corrected chi connectivity index (χ3v) is 6.43. The maximum Gasteiger partial charge on any atom is 0.273 e. The number of carbonyl (C=O) groups is 1. The summed E-state index contributed by atoms with van der Waals surface area (Å²) < 4.78 is 16.8. The number of phenolic OH excluding ortho intramolecular Hbond substituents is 1. The minimum atomic E-state index is -0.447. The van der Waals surface area contributed by atoms with Gasteiger partial charge in [-0.2, -0.15) is 5.10 Å². The largest absolute Gasteiger partial charge is 0.507 e. The molecule has 0 radical (unpaired) electrons. The second-order valence-corrected chi connectivity index (χ2v) is 8.71. The zero-order valence-corrected chi connectivity index (χ0v) is 21.1. The van der Waals surface area contributed by atoms with E-state index in [0.29, 0.717) is 71.8 Å². The summed E-state index contributed by atoms with van der Waals surface area (Å²) in [4.78, 5) is 15.3. The van der Waals surface area contributed by atoms with E-state index in [1.54, 1.807) is 24.1 Å². The zero-order chi connectivity index (χ0) is 25.1. The topological polar surface area (TPSA) is 96.9 Å². The fourth-order valence-electron chi connectivity index (χ4n) is 4.45. The number of aromatic hydroxyl groups is 1. The van der Waals surface area contributed by atoms with E-state index in [9.17, 15) is 9.90 Å². The average molecular weight is 500 g/mol. The number of nitrogens with one attached hydrogen (secondary N) is 1. The molecule has 2 aromatic carbocycles. The van der Waals surface area contributed by atoms with Gasteiger partial charge < -0.3 is 24.2 Å². The van der Waals surface area contributed by atoms with Crippen LogP contribution in [-0.2, 0) is 4.74 Å². The molecular formula is C26H30ClN3O5. The number of nitrogens with zero attached hydrogens (tertiary/aromatic N) is 2. The monoisotopic (exact) mass is 499 g/mol. The lowest BCUT2D eigenvalue weighted by molar-refractivity contribution is 0.0723. The number of aromatic nitrogens is 2. The molecule has 0 aliphatic carbocycles. The standard InChI is InChI=1S/C26H30ClN3O5/c1-5-34-20-9-8-16(13-21(20)35-6-2)25-22-23(17-14-18(27)15(3)12-19(17)31)28-29-24(22)26(32)30(25)10-7-11-33-4/h8-9,12-14,25,31H,5-7,10-11H2,1-4H3,(H,28,29). The molecule has 186 valence electrons. The van der Waals surface area contributed by atoms with Crippen molar-refractivity contribution in [3.8, 4) is 28.5 Å². The van der Waals surface area contributed by atoms with Gasteiger partial charge in [-0.25, -0.2) is 0 Å². The number of aromatic amines is 1. The summed E-state index contributed by atoms with van der Waals surface area (Å²) in [6.45, 7) is 7.64. The summed E-state index contributed by atoms with van der Waals surface area (Å²) in [5.41, 5.74) is 3.63. The van der Waals surface area contributed by atoms with Crippen LogP contribution in [0.5, 0.6) is 17.2 Å². The molecule has 0 bridgehead atoms. The quantitative estimate of drug-likeness (QED) is 0.376. The molecule has 0 fully saturated rings. The van der Waals surface area contributed by atoms with Gasteiger partial charge >= 0.3 is 0 Å². The number of hydrogen-bond acceptors (Lipinski definition) is 6. The second-order valence-electron chi connectivity index (χ2n) is 8.30. The molecule has 8 nitrogen and oxygen atoms in total. The van der Waals surface area contributed by atoms with Crippen LogP contribution in [0.3, 0.4) is 0 Å². The van der Waals surface area contributed by atoms with E-state index < -0.39 is 6.04 Å². The number of halogens is 1. The number of hydrogen-bond donors (Lipinski definition) is 2. The van der Waals surface area contributed by atoms with Crippen molar-refractivity contribution >= 4 is 17.5 Å². The number of fused-ring (bicyclic) bond motifs is 1. The van der Waals surface area contributed by atoms with Gasteiger partial charge in [0, 0.05) is 36.4 Å². The summed E-state index contributed by atoms with van der Waals surface area (Å²) in [5, 5.41) is 18.6. The van der Waals surface area contributed by atoms with Gasteiger partial charge in [0.2, 0.25) is 0 Å². The van der Waals surface area contributed by atoms with Crippen LogP contribution in [-0.4, -0.2) is 59.6 Å².